The normalized spacial score (nSPS) is 21.7. The second kappa shape index (κ2) is 8.23. The maximum atomic E-state index is 12.5. The number of nitrogens with zero attached hydrogens (tertiary/aromatic N) is 1. The van der Waals surface area contributed by atoms with Gasteiger partial charge in [-0.05, 0) is 71.6 Å². The Hall–Kier alpha value is -1.90. The number of amides is 2. The highest BCUT2D eigenvalue weighted by molar-refractivity contribution is 6.13. The zero-order valence-electron chi connectivity index (χ0n) is 18.3. The zero-order chi connectivity index (χ0) is 20.6. The summed E-state index contributed by atoms with van der Waals surface area (Å²) in [5, 5.41) is 0. The predicted molar refractivity (Wildman–Crippen MR) is 114 cm³/mol. The van der Waals surface area contributed by atoms with E-state index in [1.165, 1.54) is 39.3 Å². The molecule has 0 spiro atoms. The molecular weight excluding hydrogens is 346 g/mol. The Balaban J connectivity index is 2.15. The van der Waals surface area contributed by atoms with Gasteiger partial charge in [0, 0.05) is 12.2 Å². The average molecular weight is 382 g/mol. The molecule has 0 saturated carbocycles. The Morgan fingerprint density at radius 3 is 1.79 bits per heavy atom. The minimum absolute atomic E-state index is 0.116. The van der Waals surface area contributed by atoms with Gasteiger partial charge >= 0.3 is 0 Å². The molecule has 0 fully saturated rings. The maximum Gasteiger partial charge on any atom is 0.254 e. The first-order valence-electron chi connectivity index (χ1n) is 10.9. The first-order valence-corrected chi connectivity index (χ1v) is 10.9. The van der Waals surface area contributed by atoms with Crippen LogP contribution in [-0.2, 0) is 22.4 Å². The molecule has 0 aromatic heterocycles. The number of carbonyl (C=O) groups excluding carboxylic acids is 2. The van der Waals surface area contributed by atoms with Gasteiger partial charge in [-0.2, -0.15) is 0 Å². The number of carbonyl (C=O) groups is 2. The molecule has 2 aliphatic rings. The lowest BCUT2D eigenvalue weighted by Crippen LogP contribution is -2.33. The molecule has 3 nitrogen and oxygen atoms in total. The number of hydrogen-bond acceptors (Lipinski definition) is 2. The van der Waals surface area contributed by atoms with Crippen molar-refractivity contribution in [3.8, 4) is 0 Å². The van der Waals surface area contributed by atoms with Crippen LogP contribution in [0.5, 0.6) is 0 Å². The molecule has 0 radical (unpaired) electrons. The van der Waals surface area contributed by atoms with E-state index >= 15 is 0 Å². The second-order valence-electron chi connectivity index (χ2n) is 9.86. The van der Waals surface area contributed by atoms with Crippen LogP contribution in [0, 0.1) is 17.8 Å². The molecule has 1 aliphatic heterocycles. The fourth-order valence-electron chi connectivity index (χ4n) is 5.08. The summed E-state index contributed by atoms with van der Waals surface area (Å²) in [6.07, 6.45) is 6.86. The van der Waals surface area contributed by atoms with E-state index in [0.29, 0.717) is 23.7 Å². The van der Waals surface area contributed by atoms with Crippen LogP contribution in [0.15, 0.2) is 24.3 Å². The van der Waals surface area contributed by atoms with Crippen molar-refractivity contribution in [3.63, 3.8) is 0 Å². The quantitative estimate of drug-likeness (QED) is 0.578. The minimum Gasteiger partial charge on any atom is -0.269 e. The van der Waals surface area contributed by atoms with Crippen LogP contribution in [0.1, 0.15) is 88.6 Å². The second-order valence-corrected chi connectivity index (χ2v) is 9.86. The SMILES string of the molecule is CC(C)Cc1ccc(CC(C)C)c2c1[C@@H](CC(C)C)C[C@@H]2N1C(=O)C=CC1=O. The van der Waals surface area contributed by atoms with E-state index in [0.717, 1.165) is 25.7 Å². The van der Waals surface area contributed by atoms with Gasteiger partial charge in [-0.1, -0.05) is 53.7 Å². The third kappa shape index (κ3) is 4.09. The van der Waals surface area contributed by atoms with Crippen LogP contribution in [0.4, 0.5) is 0 Å². The van der Waals surface area contributed by atoms with Crippen molar-refractivity contribution < 1.29 is 9.59 Å². The predicted octanol–water partition coefficient (Wildman–Crippen LogP) is 5.58. The van der Waals surface area contributed by atoms with Crippen LogP contribution in [-0.4, -0.2) is 16.7 Å². The van der Waals surface area contributed by atoms with Gasteiger partial charge in [0.15, 0.2) is 0 Å². The molecule has 28 heavy (non-hydrogen) atoms. The standard InChI is InChI=1S/C25H35NO2/c1-15(2)11-18-7-8-19(12-16(3)4)25-21(26-22(27)9-10-23(26)28)14-20(24(18)25)13-17(5)6/h7-10,15-17,20-21H,11-14H2,1-6H3/t20-,21-/m0/s1. The Morgan fingerprint density at radius 2 is 1.32 bits per heavy atom. The van der Waals surface area contributed by atoms with E-state index in [1.807, 2.05) is 0 Å². The number of imide groups is 1. The molecule has 0 unspecified atom stereocenters. The third-order valence-corrected chi connectivity index (χ3v) is 5.88. The van der Waals surface area contributed by atoms with Gasteiger partial charge in [-0.15, -0.1) is 0 Å². The number of benzene rings is 1. The van der Waals surface area contributed by atoms with Crippen molar-refractivity contribution in [2.45, 2.75) is 79.2 Å². The molecule has 152 valence electrons. The summed E-state index contributed by atoms with van der Waals surface area (Å²) in [6.45, 7) is 13.5. The van der Waals surface area contributed by atoms with Gasteiger partial charge in [-0.25, -0.2) is 0 Å². The lowest BCUT2D eigenvalue weighted by Gasteiger charge is -2.26. The van der Waals surface area contributed by atoms with Crippen molar-refractivity contribution in [3.05, 3.63) is 46.5 Å². The number of rotatable bonds is 7. The molecular formula is C25H35NO2. The Labute approximate surface area is 170 Å². The molecule has 3 heteroatoms. The molecule has 0 N–H and O–H groups in total. The van der Waals surface area contributed by atoms with E-state index in [1.54, 1.807) is 0 Å². The molecule has 2 amide bonds. The van der Waals surface area contributed by atoms with Crippen LogP contribution in [0.2, 0.25) is 0 Å². The van der Waals surface area contributed by atoms with Crippen LogP contribution < -0.4 is 0 Å². The molecule has 1 aromatic carbocycles. The van der Waals surface area contributed by atoms with Gasteiger partial charge in [-0.3, -0.25) is 14.5 Å². The van der Waals surface area contributed by atoms with Gasteiger partial charge in [0.25, 0.3) is 11.8 Å². The lowest BCUT2D eigenvalue weighted by atomic mass is 9.84. The summed E-state index contributed by atoms with van der Waals surface area (Å²) < 4.78 is 0. The topological polar surface area (TPSA) is 37.4 Å². The smallest absolute Gasteiger partial charge is 0.254 e. The third-order valence-electron chi connectivity index (χ3n) is 5.88. The fraction of sp³-hybridized carbons (Fsp3) is 0.600. The van der Waals surface area contributed by atoms with Crippen LogP contribution in [0.25, 0.3) is 0 Å². The van der Waals surface area contributed by atoms with E-state index in [-0.39, 0.29) is 17.9 Å². The Kier molecular flexibility index (Phi) is 6.12. The average Bonchev–Trinajstić information content (AvgIpc) is 3.09. The molecule has 0 saturated heterocycles. The highest BCUT2D eigenvalue weighted by Gasteiger charge is 2.42. The first kappa shape index (κ1) is 20.8. The van der Waals surface area contributed by atoms with Crippen LogP contribution in [0.3, 0.4) is 0 Å². The number of fused-ring (bicyclic) bond motifs is 1. The fourth-order valence-corrected chi connectivity index (χ4v) is 5.08. The van der Waals surface area contributed by atoms with Crippen molar-refractivity contribution >= 4 is 11.8 Å². The Morgan fingerprint density at radius 1 is 0.821 bits per heavy atom. The molecule has 0 bridgehead atoms. The summed E-state index contributed by atoms with van der Waals surface area (Å²) in [7, 11) is 0. The van der Waals surface area contributed by atoms with E-state index < -0.39 is 0 Å². The largest absolute Gasteiger partial charge is 0.269 e. The Bertz CT molecular complexity index is 770. The van der Waals surface area contributed by atoms with E-state index in [4.69, 9.17) is 0 Å². The molecule has 1 heterocycles. The maximum absolute atomic E-state index is 12.5. The summed E-state index contributed by atoms with van der Waals surface area (Å²) in [5.74, 6) is 1.80. The van der Waals surface area contributed by atoms with E-state index in [2.05, 4.69) is 53.7 Å². The highest BCUT2D eigenvalue weighted by atomic mass is 16.2. The monoisotopic (exact) mass is 381 g/mol. The number of hydrogen-bond donors (Lipinski definition) is 0. The highest BCUT2D eigenvalue weighted by Crippen LogP contribution is 2.50. The van der Waals surface area contributed by atoms with Crippen LogP contribution >= 0.6 is 0 Å². The minimum atomic E-state index is -0.157. The van der Waals surface area contributed by atoms with Crippen molar-refractivity contribution in [2.24, 2.45) is 17.8 Å². The summed E-state index contributed by atoms with van der Waals surface area (Å²) in [5.41, 5.74) is 5.46. The molecule has 1 aromatic rings. The molecule has 1 aliphatic carbocycles. The van der Waals surface area contributed by atoms with E-state index in [9.17, 15) is 9.59 Å². The van der Waals surface area contributed by atoms with Crippen molar-refractivity contribution in [1.29, 1.82) is 0 Å². The van der Waals surface area contributed by atoms with Crippen molar-refractivity contribution in [1.82, 2.24) is 4.90 Å². The summed E-state index contributed by atoms with van der Waals surface area (Å²) >= 11 is 0. The van der Waals surface area contributed by atoms with Gasteiger partial charge in [0.05, 0.1) is 6.04 Å². The van der Waals surface area contributed by atoms with Gasteiger partial charge in [0.1, 0.15) is 0 Å². The zero-order valence-corrected chi connectivity index (χ0v) is 18.3. The molecule has 3 rings (SSSR count). The van der Waals surface area contributed by atoms with Gasteiger partial charge in [0.2, 0.25) is 0 Å². The van der Waals surface area contributed by atoms with Crippen molar-refractivity contribution in [2.75, 3.05) is 0 Å². The van der Waals surface area contributed by atoms with Gasteiger partial charge < -0.3 is 0 Å². The summed E-state index contributed by atoms with van der Waals surface area (Å²) in [6, 6.07) is 4.47. The lowest BCUT2D eigenvalue weighted by molar-refractivity contribution is -0.139. The first-order chi connectivity index (χ1) is 13.2. The summed E-state index contributed by atoms with van der Waals surface area (Å²) in [4.78, 5) is 26.6. The molecule has 2 atom stereocenters.